The van der Waals surface area contributed by atoms with E-state index in [9.17, 15) is 39.9 Å². The third-order valence-electron chi connectivity index (χ3n) is 2.53. The summed E-state index contributed by atoms with van der Waals surface area (Å²) in [7, 11) is 0. The van der Waals surface area contributed by atoms with Gasteiger partial charge in [0.1, 0.15) is 25.4 Å². The average Bonchev–Trinajstić information content (AvgIpc) is 2.51. The molecule has 0 aromatic heterocycles. The van der Waals surface area contributed by atoms with Crippen LogP contribution in [0.4, 0.5) is 35.1 Å². The van der Waals surface area contributed by atoms with E-state index in [1.165, 1.54) is 0 Å². The highest BCUT2D eigenvalue weighted by atomic mass is 19.3. The summed E-state index contributed by atoms with van der Waals surface area (Å²) in [6.45, 7) is -4.69. The molecule has 0 bridgehead atoms. The first-order chi connectivity index (χ1) is 12.1. The first-order valence-corrected chi connectivity index (χ1v) is 6.57. The number of hydrogen-bond donors (Lipinski definition) is 2. The maximum Gasteiger partial charge on any atom is 0.343 e. The van der Waals surface area contributed by atoms with E-state index in [-0.39, 0.29) is 6.15 Å². The molecule has 0 aliphatic carbocycles. The first-order valence-electron chi connectivity index (χ1n) is 6.57. The monoisotopic (exact) mass is 415 g/mol. The number of halogens is 8. The third-order valence-corrected chi connectivity index (χ3v) is 2.53. The van der Waals surface area contributed by atoms with Crippen molar-refractivity contribution in [2.75, 3.05) is 19.8 Å². The van der Waals surface area contributed by atoms with Gasteiger partial charge in [-0.25, -0.2) is 31.1 Å². The van der Waals surface area contributed by atoms with Gasteiger partial charge in [0.05, 0.1) is 0 Å². The fourth-order valence-electron chi connectivity index (χ4n) is 1.66. The second-order valence-corrected chi connectivity index (χ2v) is 4.40. The molecule has 0 saturated carbocycles. The van der Waals surface area contributed by atoms with Gasteiger partial charge in [-0.15, -0.1) is 0 Å². The Morgan fingerprint density at radius 2 is 1.04 bits per heavy atom. The molecule has 4 N–H and O–H groups in total. The Labute approximate surface area is 146 Å². The molecule has 0 aliphatic heterocycles. The SMILES string of the molecule is N.O=C(O)c1c(OCC(F)F)c(F)c(OCC(F)F)c(F)c1OCC(F)F. The van der Waals surface area contributed by atoms with Gasteiger partial charge in [0.15, 0.2) is 17.2 Å². The number of aromatic carboxylic acids is 1. The van der Waals surface area contributed by atoms with Gasteiger partial charge < -0.3 is 25.5 Å². The van der Waals surface area contributed by atoms with Crippen LogP contribution in [0.15, 0.2) is 0 Å². The first kappa shape index (κ1) is 24.5. The number of benzene rings is 1. The molecule has 0 unspecified atom stereocenters. The van der Waals surface area contributed by atoms with Gasteiger partial charge in [0.25, 0.3) is 19.3 Å². The fourth-order valence-corrected chi connectivity index (χ4v) is 1.66. The van der Waals surface area contributed by atoms with Crippen molar-refractivity contribution in [3.05, 3.63) is 17.2 Å². The van der Waals surface area contributed by atoms with Crippen LogP contribution in [0.3, 0.4) is 0 Å². The molecule has 1 aromatic rings. The van der Waals surface area contributed by atoms with Crippen LogP contribution in [0, 0.1) is 11.6 Å². The normalized spacial score (nSPS) is 10.9. The van der Waals surface area contributed by atoms with Crippen molar-refractivity contribution >= 4 is 5.97 Å². The van der Waals surface area contributed by atoms with Crippen molar-refractivity contribution in [2.24, 2.45) is 0 Å². The molecule has 0 radical (unpaired) electrons. The number of ether oxygens (including phenoxy) is 3. The van der Waals surface area contributed by atoms with Crippen LogP contribution in [0.2, 0.25) is 0 Å². The Morgan fingerprint density at radius 1 is 0.741 bits per heavy atom. The molecular formula is C13H13F8NO5. The number of carboxylic acids is 1. The number of alkyl halides is 6. The maximum atomic E-state index is 14.2. The van der Waals surface area contributed by atoms with Crippen molar-refractivity contribution in [1.29, 1.82) is 0 Å². The predicted octanol–water partition coefficient (Wildman–Crippen LogP) is 3.76. The highest BCUT2D eigenvalue weighted by molar-refractivity contribution is 5.95. The molecule has 0 spiro atoms. The second kappa shape index (κ2) is 10.6. The summed E-state index contributed by atoms with van der Waals surface area (Å²) in [6, 6.07) is 0. The van der Waals surface area contributed by atoms with Gasteiger partial charge in [0, 0.05) is 0 Å². The molecule has 1 aromatic carbocycles. The molecule has 0 saturated heterocycles. The van der Waals surface area contributed by atoms with Gasteiger partial charge in [-0.2, -0.15) is 8.78 Å². The summed E-state index contributed by atoms with van der Waals surface area (Å²) in [6.07, 6.45) is -9.67. The van der Waals surface area contributed by atoms with Crippen LogP contribution in [0.5, 0.6) is 17.2 Å². The van der Waals surface area contributed by atoms with Crippen LogP contribution in [0.25, 0.3) is 0 Å². The van der Waals surface area contributed by atoms with E-state index in [0.29, 0.717) is 0 Å². The predicted molar refractivity (Wildman–Crippen MR) is 72.8 cm³/mol. The molecular weight excluding hydrogens is 402 g/mol. The third kappa shape index (κ3) is 6.62. The fraction of sp³-hybridized carbons (Fsp3) is 0.462. The van der Waals surface area contributed by atoms with Crippen molar-refractivity contribution in [3.63, 3.8) is 0 Å². The molecule has 156 valence electrons. The van der Waals surface area contributed by atoms with Gasteiger partial charge in [-0.3, -0.25) is 0 Å². The molecule has 14 heteroatoms. The molecule has 0 aliphatic rings. The molecule has 6 nitrogen and oxygen atoms in total. The van der Waals surface area contributed by atoms with Crippen molar-refractivity contribution in [1.82, 2.24) is 6.15 Å². The largest absolute Gasteiger partial charge is 0.483 e. The van der Waals surface area contributed by atoms with Crippen LogP contribution < -0.4 is 20.4 Å². The lowest BCUT2D eigenvalue weighted by atomic mass is 10.1. The minimum absolute atomic E-state index is 0. The van der Waals surface area contributed by atoms with Crippen LogP contribution in [-0.2, 0) is 0 Å². The number of rotatable bonds is 10. The zero-order valence-electron chi connectivity index (χ0n) is 13.2. The maximum absolute atomic E-state index is 14.2. The van der Waals surface area contributed by atoms with Crippen molar-refractivity contribution < 1.29 is 59.2 Å². The van der Waals surface area contributed by atoms with E-state index >= 15 is 0 Å². The standard InChI is InChI=1S/C13H10F8O5.H3N/c14-4(15)1-24-10-7(13(22)23)11(25-2-5(16)17)9(21)12(8(10)20)26-3-6(18)19;/h4-6H,1-3H2,(H,22,23);1H3. The Hall–Kier alpha value is -2.51. The quantitative estimate of drug-likeness (QED) is 0.565. The van der Waals surface area contributed by atoms with E-state index < -0.39 is 79.5 Å². The number of hydrogen-bond acceptors (Lipinski definition) is 5. The lowest BCUT2D eigenvalue weighted by Gasteiger charge is -2.18. The molecule has 0 heterocycles. The summed E-state index contributed by atoms with van der Waals surface area (Å²) >= 11 is 0. The second-order valence-electron chi connectivity index (χ2n) is 4.40. The minimum Gasteiger partial charge on any atom is -0.483 e. The number of carbonyl (C=O) groups is 1. The van der Waals surface area contributed by atoms with Crippen LogP contribution >= 0.6 is 0 Å². The lowest BCUT2D eigenvalue weighted by molar-refractivity contribution is 0.0588. The van der Waals surface area contributed by atoms with Crippen LogP contribution in [-0.4, -0.2) is 50.2 Å². The molecule has 0 atom stereocenters. The summed E-state index contributed by atoms with van der Waals surface area (Å²) in [5, 5.41) is 9.01. The van der Waals surface area contributed by atoms with E-state index in [1.807, 2.05) is 0 Å². The van der Waals surface area contributed by atoms with Gasteiger partial charge in [-0.05, 0) is 0 Å². The Bertz CT molecular complexity index is 605. The Balaban J connectivity index is 0.00000676. The van der Waals surface area contributed by atoms with E-state index in [4.69, 9.17) is 5.11 Å². The summed E-state index contributed by atoms with van der Waals surface area (Å²) in [5.74, 6) is -10.9. The summed E-state index contributed by atoms with van der Waals surface area (Å²) in [4.78, 5) is 11.2. The topological polar surface area (TPSA) is 100.0 Å². The lowest BCUT2D eigenvalue weighted by Crippen LogP contribution is -2.18. The highest BCUT2D eigenvalue weighted by Gasteiger charge is 2.33. The van der Waals surface area contributed by atoms with E-state index in [0.717, 1.165) is 0 Å². The van der Waals surface area contributed by atoms with E-state index in [2.05, 4.69) is 14.2 Å². The van der Waals surface area contributed by atoms with Gasteiger partial charge in [0.2, 0.25) is 11.6 Å². The Morgan fingerprint density at radius 3 is 1.30 bits per heavy atom. The zero-order chi connectivity index (χ0) is 20.0. The zero-order valence-corrected chi connectivity index (χ0v) is 13.2. The molecule has 1 rings (SSSR count). The van der Waals surface area contributed by atoms with Gasteiger partial charge >= 0.3 is 5.97 Å². The van der Waals surface area contributed by atoms with E-state index in [1.54, 1.807) is 0 Å². The summed E-state index contributed by atoms with van der Waals surface area (Å²) in [5.41, 5.74) is -1.52. The Kier molecular flexibility index (Phi) is 9.61. The van der Waals surface area contributed by atoms with Crippen molar-refractivity contribution in [3.8, 4) is 17.2 Å². The number of carboxylic acid groups (broad SMARTS) is 1. The molecule has 0 fully saturated rings. The molecule has 27 heavy (non-hydrogen) atoms. The average molecular weight is 415 g/mol. The summed E-state index contributed by atoms with van der Waals surface area (Å²) < 4.78 is 114. The van der Waals surface area contributed by atoms with Crippen molar-refractivity contribution in [2.45, 2.75) is 19.3 Å². The molecule has 0 amide bonds. The smallest absolute Gasteiger partial charge is 0.343 e. The highest BCUT2D eigenvalue weighted by Crippen LogP contribution is 2.42. The van der Waals surface area contributed by atoms with Crippen LogP contribution in [0.1, 0.15) is 10.4 Å². The minimum atomic E-state index is -3.23. The van der Waals surface area contributed by atoms with Gasteiger partial charge in [-0.1, -0.05) is 0 Å².